The molecule has 1 unspecified atom stereocenters. The highest BCUT2D eigenvalue weighted by Crippen LogP contribution is 2.27. The van der Waals surface area contributed by atoms with Crippen LogP contribution in [-0.4, -0.2) is 14.7 Å². The minimum atomic E-state index is -3.16. The first-order chi connectivity index (χ1) is 9.95. The Morgan fingerprint density at radius 1 is 0.952 bits per heavy atom. The number of fused-ring (bicyclic) bond motifs is 1. The topological polar surface area (TPSA) is 60.2 Å². The molecule has 0 bridgehead atoms. The van der Waals surface area contributed by atoms with E-state index in [0.717, 1.165) is 24.0 Å². The molecular formula is C17H19NO2S. The summed E-state index contributed by atoms with van der Waals surface area (Å²) >= 11 is 0. The number of benzene rings is 2. The average molecular weight is 301 g/mol. The Morgan fingerprint density at radius 3 is 2.24 bits per heavy atom. The maximum absolute atomic E-state index is 11.5. The van der Waals surface area contributed by atoms with E-state index in [0.29, 0.717) is 4.90 Å². The van der Waals surface area contributed by atoms with Crippen LogP contribution in [0, 0.1) is 0 Å². The van der Waals surface area contributed by atoms with Gasteiger partial charge in [0.15, 0.2) is 9.84 Å². The Morgan fingerprint density at radius 2 is 1.57 bits per heavy atom. The van der Waals surface area contributed by atoms with Crippen molar-refractivity contribution >= 4 is 9.84 Å². The van der Waals surface area contributed by atoms with Crippen LogP contribution in [0.25, 0.3) is 0 Å². The molecule has 0 aromatic heterocycles. The van der Waals surface area contributed by atoms with Crippen molar-refractivity contribution in [1.82, 2.24) is 0 Å². The zero-order valence-corrected chi connectivity index (χ0v) is 12.9. The Bertz CT molecular complexity index is 764. The third-order valence-corrected chi connectivity index (χ3v) is 5.28. The van der Waals surface area contributed by atoms with Gasteiger partial charge in [0.2, 0.25) is 0 Å². The van der Waals surface area contributed by atoms with Crippen LogP contribution < -0.4 is 5.73 Å². The van der Waals surface area contributed by atoms with Crippen LogP contribution in [0.1, 0.15) is 34.7 Å². The molecular weight excluding hydrogens is 282 g/mol. The molecule has 21 heavy (non-hydrogen) atoms. The SMILES string of the molecule is CS(=O)(=O)c1ccc(C(N)c2ccc3c(c2)CCC3)cc1. The van der Waals surface area contributed by atoms with E-state index >= 15 is 0 Å². The zero-order chi connectivity index (χ0) is 15.0. The predicted molar refractivity (Wildman–Crippen MR) is 84.0 cm³/mol. The fourth-order valence-corrected chi connectivity index (χ4v) is 3.53. The van der Waals surface area contributed by atoms with Crippen molar-refractivity contribution in [2.45, 2.75) is 30.2 Å². The van der Waals surface area contributed by atoms with Crippen LogP contribution in [0.4, 0.5) is 0 Å². The molecule has 3 nitrogen and oxygen atoms in total. The molecule has 0 radical (unpaired) electrons. The Kier molecular flexibility index (Phi) is 3.59. The molecule has 0 fully saturated rings. The van der Waals surface area contributed by atoms with Gasteiger partial charge in [-0.2, -0.15) is 0 Å². The van der Waals surface area contributed by atoms with Gasteiger partial charge in [-0.05, 0) is 53.6 Å². The van der Waals surface area contributed by atoms with Gasteiger partial charge in [-0.1, -0.05) is 30.3 Å². The molecule has 0 amide bonds. The highest BCUT2D eigenvalue weighted by Gasteiger charge is 2.15. The number of hydrogen-bond acceptors (Lipinski definition) is 3. The van der Waals surface area contributed by atoms with Crippen LogP contribution >= 0.6 is 0 Å². The second-order valence-electron chi connectivity index (χ2n) is 5.70. The second-order valence-corrected chi connectivity index (χ2v) is 7.72. The summed E-state index contributed by atoms with van der Waals surface area (Å²) in [5.41, 5.74) is 11.2. The number of aryl methyl sites for hydroxylation is 2. The molecule has 110 valence electrons. The van der Waals surface area contributed by atoms with E-state index in [1.165, 1.54) is 23.8 Å². The standard InChI is InChI=1S/C17H19NO2S/c1-21(19,20)16-9-7-13(8-10-16)17(18)15-6-5-12-3-2-4-14(12)11-15/h5-11,17H,2-4,18H2,1H3. The fraction of sp³-hybridized carbons (Fsp3) is 0.294. The molecule has 2 aromatic rings. The summed E-state index contributed by atoms with van der Waals surface area (Å²) in [6, 6.07) is 13.1. The normalized spacial score (nSPS) is 15.7. The number of hydrogen-bond donors (Lipinski definition) is 1. The highest BCUT2D eigenvalue weighted by molar-refractivity contribution is 7.90. The molecule has 0 saturated heterocycles. The van der Waals surface area contributed by atoms with Gasteiger partial charge < -0.3 is 5.73 Å². The molecule has 2 N–H and O–H groups in total. The molecule has 3 rings (SSSR count). The van der Waals surface area contributed by atoms with Crippen molar-refractivity contribution in [3.8, 4) is 0 Å². The van der Waals surface area contributed by atoms with Crippen LogP contribution in [0.2, 0.25) is 0 Å². The third kappa shape index (κ3) is 2.87. The molecule has 1 aliphatic carbocycles. The Balaban J connectivity index is 1.90. The van der Waals surface area contributed by atoms with Crippen molar-refractivity contribution in [3.05, 3.63) is 64.7 Å². The monoisotopic (exact) mass is 301 g/mol. The Hall–Kier alpha value is -1.65. The van der Waals surface area contributed by atoms with Crippen molar-refractivity contribution < 1.29 is 8.42 Å². The van der Waals surface area contributed by atoms with Gasteiger partial charge in [-0.15, -0.1) is 0 Å². The van der Waals surface area contributed by atoms with Gasteiger partial charge in [-0.25, -0.2) is 8.42 Å². The molecule has 4 heteroatoms. The lowest BCUT2D eigenvalue weighted by molar-refractivity contribution is 0.602. The van der Waals surface area contributed by atoms with Crippen LogP contribution in [0.3, 0.4) is 0 Å². The summed E-state index contributed by atoms with van der Waals surface area (Å²) in [6.07, 6.45) is 4.72. The molecule has 1 aliphatic rings. The summed E-state index contributed by atoms with van der Waals surface area (Å²) < 4.78 is 23.0. The van der Waals surface area contributed by atoms with Gasteiger partial charge in [0, 0.05) is 6.26 Å². The van der Waals surface area contributed by atoms with Crippen LogP contribution in [0.5, 0.6) is 0 Å². The maximum Gasteiger partial charge on any atom is 0.175 e. The highest BCUT2D eigenvalue weighted by atomic mass is 32.2. The predicted octanol–water partition coefficient (Wildman–Crippen LogP) is 2.63. The first-order valence-corrected chi connectivity index (χ1v) is 9.01. The average Bonchev–Trinajstić information content (AvgIpc) is 2.93. The van der Waals surface area contributed by atoms with Crippen LogP contribution in [-0.2, 0) is 22.7 Å². The maximum atomic E-state index is 11.5. The van der Waals surface area contributed by atoms with Crippen LogP contribution in [0.15, 0.2) is 47.4 Å². The van der Waals surface area contributed by atoms with Crippen molar-refractivity contribution in [2.24, 2.45) is 5.73 Å². The summed E-state index contributed by atoms with van der Waals surface area (Å²) in [4.78, 5) is 0.326. The minimum absolute atomic E-state index is 0.218. The minimum Gasteiger partial charge on any atom is -0.320 e. The quantitative estimate of drug-likeness (QED) is 0.948. The first kappa shape index (κ1) is 14.3. The summed E-state index contributed by atoms with van der Waals surface area (Å²) in [7, 11) is -3.16. The molecule has 0 aliphatic heterocycles. The van der Waals surface area contributed by atoms with Crippen molar-refractivity contribution in [3.63, 3.8) is 0 Å². The van der Waals surface area contributed by atoms with Gasteiger partial charge in [0.05, 0.1) is 10.9 Å². The lowest BCUT2D eigenvalue weighted by Crippen LogP contribution is -2.12. The fourth-order valence-electron chi connectivity index (χ4n) is 2.90. The molecule has 2 aromatic carbocycles. The molecule has 0 saturated carbocycles. The van der Waals surface area contributed by atoms with Gasteiger partial charge >= 0.3 is 0 Å². The lowest BCUT2D eigenvalue weighted by atomic mass is 9.96. The van der Waals surface area contributed by atoms with E-state index in [2.05, 4.69) is 18.2 Å². The number of rotatable bonds is 3. The summed E-state index contributed by atoms with van der Waals surface area (Å²) in [5.74, 6) is 0. The largest absolute Gasteiger partial charge is 0.320 e. The zero-order valence-electron chi connectivity index (χ0n) is 12.0. The van der Waals surface area contributed by atoms with E-state index < -0.39 is 9.84 Å². The van der Waals surface area contributed by atoms with E-state index in [4.69, 9.17) is 5.73 Å². The smallest absolute Gasteiger partial charge is 0.175 e. The van der Waals surface area contributed by atoms with E-state index in [-0.39, 0.29) is 6.04 Å². The van der Waals surface area contributed by atoms with Crippen molar-refractivity contribution in [1.29, 1.82) is 0 Å². The van der Waals surface area contributed by atoms with E-state index in [1.54, 1.807) is 24.3 Å². The van der Waals surface area contributed by atoms with Gasteiger partial charge in [-0.3, -0.25) is 0 Å². The first-order valence-electron chi connectivity index (χ1n) is 7.12. The van der Waals surface area contributed by atoms with Gasteiger partial charge in [0.1, 0.15) is 0 Å². The van der Waals surface area contributed by atoms with E-state index in [9.17, 15) is 8.42 Å². The second kappa shape index (κ2) is 5.28. The number of sulfone groups is 1. The summed E-state index contributed by atoms with van der Waals surface area (Å²) in [6.45, 7) is 0. The molecule has 1 atom stereocenters. The lowest BCUT2D eigenvalue weighted by Gasteiger charge is -2.14. The van der Waals surface area contributed by atoms with Crippen molar-refractivity contribution in [2.75, 3.05) is 6.26 Å². The molecule has 0 heterocycles. The summed E-state index contributed by atoms with van der Waals surface area (Å²) in [5, 5.41) is 0. The van der Waals surface area contributed by atoms with E-state index in [1.807, 2.05) is 0 Å². The number of nitrogens with two attached hydrogens (primary N) is 1. The van der Waals surface area contributed by atoms with Gasteiger partial charge in [0.25, 0.3) is 0 Å². The third-order valence-electron chi connectivity index (χ3n) is 4.15. The molecule has 0 spiro atoms. The Labute approximate surface area is 125 Å².